The summed E-state index contributed by atoms with van der Waals surface area (Å²) in [5.74, 6) is 1.80. The quantitative estimate of drug-likeness (QED) is 0.406. The summed E-state index contributed by atoms with van der Waals surface area (Å²) in [5, 5.41) is 6.83. The van der Waals surface area contributed by atoms with Gasteiger partial charge >= 0.3 is 0 Å². The summed E-state index contributed by atoms with van der Waals surface area (Å²) in [5.41, 5.74) is 0. The Morgan fingerprint density at radius 3 is 2.68 bits per heavy atom. The summed E-state index contributed by atoms with van der Waals surface area (Å²) in [6, 6.07) is 0. The number of aromatic nitrogens is 2. The SMILES string of the molecule is CN=C(NCc1nc(C)no1)N1CCS(=O)(=O)C(C)(C)C1.I. The third kappa shape index (κ3) is 4.09. The Labute approximate surface area is 147 Å². The van der Waals surface area contributed by atoms with Crippen molar-refractivity contribution in [3.63, 3.8) is 0 Å². The molecule has 2 heterocycles. The van der Waals surface area contributed by atoms with Crippen molar-refractivity contribution >= 4 is 39.8 Å². The lowest BCUT2D eigenvalue weighted by Crippen LogP contribution is -2.57. The number of guanidine groups is 1. The number of aliphatic imine (C=N–C) groups is 1. The zero-order chi connectivity index (χ0) is 15.7. The molecule has 0 spiro atoms. The maximum atomic E-state index is 12.0. The number of aryl methyl sites for hydroxylation is 1. The third-order valence-electron chi connectivity index (χ3n) is 3.52. The highest BCUT2D eigenvalue weighted by atomic mass is 127. The maximum Gasteiger partial charge on any atom is 0.246 e. The Hall–Kier alpha value is -0.910. The van der Waals surface area contributed by atoms with Crippen molar-refractivity contribution in [3.8, 4) is 0 Å². The molecule has 0 radical (unpaired) electrons. The smallest absolute Gasteiger partial charge is 0.246 e. The van der Waals surface area contributed by atoms with Gasteiger partial charge in [0.05, 0.1) is 17.0 Å². The number of hydrogen-bond acceptors (Lipinski definition) is 6. The van der Waals surface area contributed by atoms with E-state index in [4.69, 9.17) is 4.52 Å². The molecule has 0 bridgehead atoms. The van der Waals surface area contributed by atoms with Crippen molar-refractivity contribution in [2.45, 2.75) is 32.1 Å². The summed E-state index contributed by atoms with van der Waals surface area (Å²) in [4.78, 5) is 10.2. The van der Waals surface area contributed by atoms with Crippen LogP contribution in [0.2, 0.25) is 0 Å². The molecule has 1 fully saturated rings. The molecule has 0 amide bonds. The van der Waals surface area contributed by atoms with Crippen molar-refractivity contribution < 1.29 is 12.9 Å². The Morgan fingerprint density at radius 2 is 2.18 bits per heavy atom. The van der Waals surface area contributed by atoms with Gasteiger partial charge in [-0.15, -0.1) is 24.0 Å². The first kappa shape index (κ1) is 19.1. The van der Waals surface area contributed by atoms with Gasteiger partial charge in [0.1, 0.15) is 0 Å². The second kappa shape index (κ2) is 7.11. The van der Waals surface area contributed by atoms with E-state index in [0.29, 0.717) is 37.3 Å². The highest BCUT2D eigenvalue weighted by Crippen LogP contribution is 2.23. The fourth-order valence-corrected chi connectivity index (χ4v) is 3.59. The molecule has 1 aliphatic rings. The van der Waals surface area contributed by atoms with E-state index in [1.165, 1.54) is 0 Å². The largest absolute Gasteiger partial charge is 0.347 e. The molecule has 126 valence electrons. The van der Waals surface area contributed by atoms with Gasteiger partial charge in [0.25, 0.3) is 0 Å². The van der Waals surface area contributed by atoms with Gasteiger partial charge in [-0.2, -0.15) is 4.98 Å². The van der Waals surface area contributed by atoms with Crippen molar-refractivity contribution in [1.82, 2.24) is 20.4 Å². The van der Waals surface area contributed by atoms with Crippen LogP contribution >= 0.6 is 24.0 Å². The first-order chi connectivity index (χ1) is 9.75. The van der Waals surface area contributed by atoms with Crippen LogP contribution in [-0.2, 0) is 16.4 Å². The van der Waals surface area contributed by atoms with Crippen molar-refractivity contribution in [2.75, 3.05) is 25.9 Å². The topological polar surface area (TPSA) is 101 Å². The number of nitrogens with zero attached hydrogens (tertiary/aromatic N) is 4. The van der Waals surface area contributed by atoms with E-state index in [9.17, 15) is 8.42 Å². The third-order valence-corrected chi connectivity index (χ3v) is 6.06. The molecular formula is C12H22IN5O3S. The van der Waals surface area contributed by atoms with Gasteiger partial charge in [-0.05, 0) is 20.8 Å². The normalized spacial score (nSPS) is 20.4. The van der Waals surface area contributed by atoms with Crippen LogP contribution in [0.5, 0.6) is 0 Å². The second-order valence-electron chi connectivity index (χ2n) is 5.64. The fourth-order valence-electron chi connectivity index (χ4n) is 2.22. The minimum Gasteiger partial charge on any atom is -0.347 e. The lowest BCUT2D eigenvalue weighted by molar-refractivity contribution is 0.343. The fraction of sp³-hybridized carbons (Fsp3) is 0.750. The molecule has 8 nitrogen and oxygen atoms in total. The van der Waals surface area contributed by atoms with Gasteiger partial charge in [-0.1, -0.05) is 5.16 Å². The molecule has 0 aliphatic carbocycles. The van der Waals surface area contributed by atoms with Crippen LogP contribution in [0.1, 0.15) is 25.6 Å². The molecule has 22 heavy (non-hydrogen) atoms. The summed E-state index contributed by atoms with van der Waals surface area (Å²) >= 11 is 0. The minimum atomic E-state index is -3.06. The summed E-state index contributed by atoms with van der Waals surface area (Å²) in [7, 11) is -1.40. The Balaban J connectivity index is 0.00000242. The monoisotopic (exact) mass is 443 g/mol. The van der Waals surface area contributed by atoms with E-state index >= 15 is 0 Å². The van der Waals surface area contributed by atoms with Crippen molar-refractivity contribution in [1.29, 1.82) is 0 Å². The van der Waals surface area contributed by atoms with Crippen LogP contribution in [0.3, 0.4) is 0 Å². The van der Waals surface area contributed by atoms with E-state index in [-0.39, 0.29) is 29.7 Å². The molecule has 1 saturated heterocycles. The standard InChI is InChI=1S/C12H21N5O3S.HI/c1-9-15-10(20-16-9)7-14-11(13-4)17-5-6-21(18,19)12(2,3)8-17;/h5-8H2,1-4H3,(H,13,14);1H. The molecule has 1 aromatic rings. The zero-order valence-electron chi connectivity index (χ0n) is 13.2. The number of sulfone groups is 1. The van der Waals surface area contributed by atoms with Crippen LogP contribution in [-0.4, -0.2) is 60.1 Å². The van der Waals surface area contributed by atoms with E-state index in [1.54, 1.807) is 27.8 Å². The number of hydrogen-bond donors (Lipinski definition) is 1. The molecule has 1 aliphatic heterocycles. The van der Waals surface area contributed by atoms with Gasteiger partial charge in [0.15, 0.2) is 21.6 Å². The van der Waals surface area contributed by atoms with Crippen LogP contribution < -0.4 is 5.32 Å². The first-order valence-corrected chi connectivity index (χ1v) is 8.37. The van der Waals surface area contributed by atoms with Gasteiger partial charge < -0.3 is 14.7 Å². The van der Waals surface area contributed by atoms with E-state index in [0.717, 1.165) is 0 Å². The molecule has 0 saturated carbocycles. The van der Waals surface area contributed by atoms with E-state index in [1.807, 2.05) is 4.90 Å². The predicted molar refractivity (Wildman–Crippen MR) is 94.1 cm³/mol. The highest BCUT2D eigenvalue weighted by molar-refractivity contribution is 14.0. The van der Waals surface area contributed by atoms with Crippen molar-refractivity contribution in [3.05, 3.63) is 11.7 Å². The van der Waals surface area contributed by atoms with Gasteiger partial charge in [-0.25, -0.2) is 8.42 Å². The molecule has 0 unspecified atom stereocenters. The lowest BCUT2D eigenvalue weighted by Gasteiger charge is -2.39. The molecule has 10 heteroatoms. The van der Waals surface area contributed by atoms with Crippen LogP contribution in [0.15, 0.2) is 9.52 Å². The van der Waals surface area contributed by atoms with E-state index < -0.39 is 14.6 Å². The zero-order valence-corrected chi connectivity index (χ0v) is 16.3. The Morgan fingerprint density at radius 1 is 1.50 bits per heavy atom. The summed E-state index contributed by atoms with van der Waals surface area (Å²) < 4.78 is 28.3. The number of halogens is 1. The van der Waals surface area contributed by atoms with Gasteiger partial charge in [0, 0.05) is 20.1 Å². The Bertz CT molecular complexity index is 641. The molecule has 1 aromatic heterocycles. The summed E-state index contributed by atoms with van der Waals surface area (Å²) in [6.45, 7) is 6.41. The number of nitrogens with one attached hydrogen (secondary N) is 1. The van der Waals surface area contributed by atoms with Crippen LogP contribution in [0, 0.1) is 6.92 Å². The molecule has 0 atom stereocenters. The predicted octanol–water partition coefficient (Wildman–Crippen LogP) is 0.580. The van der Waals surface area contributed by atoms with Crippen molar-refractivity contribution in [2.24, 2.45) is 4.99 Å². The minimum absolute atomic E-state index is 0. The highest BCUT2D eigenvalue weighted by Gasteiger charge is 2.40. The van der Waals surface area contributed by atoms with Gasteiger partial charge in [-0.3, -0.25) is 4.99 Å². The molecule has 2 rings (SSSR count). The lowest BCUT2D eigenvalue weighted by atomic mass is 10.2. The van der Waals surface area contributed by atoms with E-state index in [2.05, 4.69) is 20.4 Å². The van der Waals surface area contributed by atoms with Gasteiger partial charge in [0.2, 0.25) is 5.89 Å². The number of rotatable bonds is 2. The Kier molecular flexibility index (Phi) is 6.18. The first-order valence-electron chi connectivity index (χ1n) is 6.72. The average molecular weight is 443 g/mol. The van der Waals surface area contributed by atoms with Crippen LogP contribution in [0.25, 0.3) is 0 Å². The molecular weight excluding hydrogens is 421 g/mol. The second-order valence-corrected chi connectivity index (χ2v) is 8.38. The summed E-state index contributed by atoms with van der Waals surface area (Å²) in [6.07, 6.45) is 0. The molecule has 0 aromatic carbocycles. The maximum absolute atomic E-state index is 12.0. The van der Waals surface area contributed by atoms with Crippen LogP contribution in [0.4, 0.5) is 0 Å². The average Bonchev–Trinajstić information content (AvgIpc) is 2.80. The molecule has 1 N–H and O–H groups in total.